The van der Waals surface area contributed by atoms with Gasteiger partial charge in [-0.25, -0.2) is 0 Å². The molecule has 0 aromatic heterocycles. The van der Waals surface area contributed by atoms with Gasteiger partial charge in [0.2, 0.25) is 0 Å². The number of allylic oxidation sites excluding steroid dienone is 3. The Kier molecular flexibility index (Phi) is 2.06. The molecular weight excluding hydrogens is 112 g/mol. The lowest BCUT2D eigenvalue weighted by molar-refractivity contribution is 0.205. The molecule has 1 aliphatic carbocycles. The second kappa shape index (κ2) is 2.83. The van der Waals surface area contributed by atoms with Crippen LogP contribution < -0.4 is 0 Å². The van der Waals surface area contributed by atoms with Crippen molar-refractivity contribution in [3.63, 3.8) is 0 Å². The molecule has 0 unspecified atom stereocenters. The first kappa shape index (κ1) is 6.56. The highest BCUT2D eigenvalue weighted by Gasteiger charge is 2.07. The van der Waals surface area contributed by atoms with E-state index in [-0.39, 0.29) is 6.10 Å². The number of aliphatic hydroxyl groups excluding tert-OH is 1. The van der Waals surface area contributed by atoms with Gasteiger partial charge >= 0.3 is 0 Å². The van der Waals surface area contributed by atoms with Gasteiger partial charge in [-0.1, -0.05) is 25.2 Å². The molecule has 0 heterocycles. The summed E-state index contributed by atoms with van der Waals surface area (Å²) in [7, 11) is 0. The van der Waals surface area contributed by atoms with Gasteiger partial charge in [0.05, 0.1) is 6.10 Å². The summed E-state index contributed by atoms with van der Waals surface area (Å²) in [5.74, 6) is 0. The van der Waals surface area contributed by atoms with Crippen LogP contribution in [0.4, 0.5) is 0 Å². The van der Waals surface area contributed by atoms with Crippen molar-refractivity contribution >= 4 is 0 Å². The molecule has 1 rings (SSSR count). The molecule has 0 radical (unpaired) electrons. The summed E-state index contributed by atoms with van der Waals surface area (Å²) >= 11 is 0. The Morgan fingerprint density at radius 1 is 1.78 bits per heavy atom. The maximum Gasteiger partial charge on any atom is 0.0753 e. The van der Waals surface area contributed by atoms with Crippen LogP contribution in [0.2, 0.25) is 0 Å². The third-order valence-corrected chi connectivity index (χ3v) is 1.61. The summed E-state index contributed by atoms with van der Waals surface area (Å²) in [4.78, 5) is 0. The molecule has 1 heteroatoms. The van der Waals surface area contributed by atoms with Crippen molar-refractivity contribution in [2.45, 2.75) is 25.9 Å². The Bertz CT molecular complexity index is 145. The second-order valence-electron chi connectivity index (χ2n) is 2.30. The monoisotopic (exact) mass is 124 g/mol. The number of rotatable bonds is 2. The van der Waals surface area contributed by atoms with Gasteiger partial charge in [-0.2, -0.15) is 0 Å². The quantitative estimate of drug-likeness (QED) is 0.593. The Morgan fingerprint density at radius 2 is 2.56 bits per heavy atom. The molecular formula is C8H12O. The van der Waals surface area contributed by atoms with Crippen LogP contribution in [-0.4, -0.2) is 11.2 Å². The molecule has 1 aliphatic rings. The van der Waals surface area contributed by atoms with Gasteiger partial charge in [0.25, 0.3) is 0 Å². The minimum absolute atomic E-state index is 0.208. The first-order valence-corrected chi connectivity index (χ1v) is 3.38. The largest absolute Gasteiger partial charge is 0.389 e. The minimum Gasteiger partial charge on any atom is -0.389 e. The average molecular weight is 124 g/mol. The molecule has 1 nitrogen and oxygen atoms in total. The van der Waals surface area contributed by atoms with Gasteiger partial charge in [-0.15, -0.1) is 0 Å². The topological polar surface area (TPSA) is 20.2 Å². The van der Waals surface area contributed by atoms with E-state index in [1.807, 2.05) is 19.1 Å². The summed E-state index contributed by atoms with van der Waals surface area (Å²) in [6, 6.07) is 0. The highest BCUT2D eigenvalue weighted by atomic mass is 16.3. The lowest BCUT2D eigenvalue weighted by Gasteiger charge is -2.06. The lowest BCUT2D eigenvalue weighted by Crippen LogP contribution is -2.06. The van der Waals surface area contributed by atoms with Gasteiger partial charge in [-0.05, 0) is 18.4 Å². The van der Waals surface area contributed by atoms with E-state index in [1.54, 1.807) is 0 Å². The molecule has 0 saturated heterocycles. The van der Waals surface area contributed by atoms with E-state index in [0.29, 0.717) is 0 Å². The van der Waals surface area contributed by atoms with Gasteiger partial charge in [0.15, 0.2) is 0 Å². The maximum absolute atomic E-state index is 9.25. The molecule has 0 amide bonds. The van der Waals surface area contributed by atoms with Crippen molar-refractivity contribution in [2.75, 3.05) is 0 Å². The Labute approximate surface area is 55.7 Å². The summed E-state index contributed by atoms with van der Waals surface area (Å²) in [6.45, 7) is 1.99. The van der Waals surface area contributed by atoms with Gasteiger partial charge in [0.1, 0.15) is 0 Å². The summed E-state index contributed by atoms with van der Waals surface area (Å²) in [5.41, 5.74) is 1.15. The molecule has 0 bridgehead atoms. The van der Waals surface area contributed by atoms with E-state index in [0.717, 1.165) is 18.4 Å². The first-order chi connectivity index (χ1) is 4.34. The first-order valence-electron chi connectivity index (χ1n) is 3.38. The second-order valence-corrected chi connectivity index (χ2v) is 2.30. The Hall–Kier alpha value is -0.560. The molecule has 9 heavy (non-hydrogen) atoms. The fourth-order valence-electron chi connectivity index (χ4n) is 0.973. The minimum atomic E-state index is -0.208. The van der Waals surface area contributed by atoms with Crippen molar-refractivity contribution in [1.82, 2.24) is 0 Å². The van der Waals surface area contributed by atoms with Crippen molar-refractivity contribution in [3.8, 4) is 0 Å². The van der Waals surface area contributed by atoms with Crippen LogP contribution in [0, 0.1) is 0 Å². The normalized spacial score (nSPS) is 20.0. The zero-order valence-electron chi connectivity index (χ0n) is 5.67. The molecule has 1 atom stereocenters. The van der Waals surface area contributed by atoms with Gasteiger partial charge in [0, 0.05) is 0 Å². The third-order valence-electron chi connectivity index (χ3n) is 1.61. The van der Waals surface area contributed by atoms with Crippen LogP contribution in [0.5, 0.6) is 0 Å². The fourth-order valence-corrected chi connectivity index (χ4v) is 0.973. The van der Waals surface area contributed by atoms with E-state index in [1.165, 1.54) is 0 Å². The number of hydrogen-bond donors (Lipinski definition) is 1. The standard InChI is InChI=1S/C8H12O/c1-2-8(9)7-5-3-4-6-7/h3-5,8-9H,2,6H2,1H3/t8-/m1/s1. The number of hydrogen-bond acceptors (Lipinski definition) is 1. The fraction of sp³-hybridized carbons (Fsp3) is 0.500. The summed E-state index contributed by atoms with van der Waals surface area (Å²) in [6.07, 6.45) is 7.61. The van der Waals surface area contributed by atoms with Crippen LogP contribution in [0.3, 0.4) is 0 Å². The zero-order valence-corrected chi connectivity index (χ0v) is 5.67. The zero-order chi connectivity index (χ0) is 6.69. The predicted octanol–water partition coefficient (Wildman–Crippen LogP) is 1.64. The van der Waals surface area contributed by atoms with Crippen molar-refractivity contribution < 1.29 is 5.11 Å². The van der Waals surface area contributed by atoms with Crippen molar-refractivity contribution in [1.29, 1.82) is 0 Å². The molecule has 0 aliphatic heterocycles. The van der Waals surface area contributed by atoms with Crippen LogP contribution in [-0.2, 0) is 0 Å². The maximum atomic E-state index is 9.25. The highest BCUT2D eigenvalue weighted by Crippen LogP contribution is 2.15. The Balaban J connectivity index is 2.45. The van der Waals surface area contributed by atoms with Crippen LogP contribution in [0.25, 0.3) is 0 Å². The number of aliphatic hydroxyl groups is 1. The highest BCUT2D eigenvalue weighted by molar-refractivity contribution is 5.25. The molecule has 0 fully saturated rings. The van der Waals surface area contributed by atoms with E-state index in [4.69, 9.17) is 0 Å². The van der Waals surface area contributed by atoms with E-state index >= 15 is 0 Å². The Morgan fingerprint density at radius 3 is 3.00 bits per heavy atom. The summed E-state index contributed by atoms with van der Waals surface area (Å²) in [5, 5.41) is 9.25. The van der Waals surface area contributed by atoms with Crippen molar-refractivity contribution in [2.24, 2.45) is 0 Å². The van der Waals surface area contributed by atoms with E-state index in [9.17, 15) is 5.11 Å². The van der Waals surface area contributed by atoms with Crippen molar-refractivity contribution in [3.05, 3.63) is 23.8 Å². The molecule has 0 aromatic rings. The van der Waals surface area contributed by atoms with Gasteiger partial charge in [-0.3, -0.25) is 0 Å². The lowest BCUT2D eigenvalue weighted by atomic mass is 10.1. The molecule has 1 N–H and O–H groups in total. The van der Waals surface area contributed by atoms with E-state index in [2.05, 4.69) is 6.08 Å². The molecule has 50 valence electrons. The average Bonchev–Trinajstić information content (AvgIpc) is 2.37. The van der Waals surface area contributed by atoms with Crippen LogP contribution >= 0.6 is 0 Å². The summed E-state index contributed by atoms with van der Waals surface area (Å²) < 4.78 is 0. The van der Waals surface area contributed by atoms with Crippen LogP contribution in [0.1, 0.15) is 19.8 Å². The molecule has 0 aromatic carbocycles. The molecule has 0 saturated carbocycles. The SMILES string of the molecule is CC[C@@H](O)C1=CC=CC1. The third kappa shape index (κ3) is 1.42. The van der Waals surface area contributed by atoms with E-state index < -0.39 is 0 Å². The van der Waals surface area contributed by atoms with Gasteiger partial charge < -0.3 is 5.11 Å². The predicted molar refractivity (Wildman–Crippen MR) is 38.1 cm³/mol. The smallest absolute Gasteiger partial charge is 0.0753 e. The van der Waals surface area contributed by atoms with Crippen LogP contribution in [0.15, 0.2) is 23.8 Å². The molecule has 0 spiro atoms.